The fourth-order valence-corrected chi connectivity index (χ4v) is 4.72. The molecule has 0 aliphatic heterocycles. The minimum absolute atomic E-state index is 0.119. The predicted octanol–water partition coefficient (Wildman–Crippen LogP) is 6.45. The Bertz CT molecular complexity index is 1580. The van der Waals surface area contributed by atoms with E-state index in [1.54, 1.807) is 26.0 Å². The lowest BCUT2D eigenvalue weighted by Gasteiger charge is -2.23. The molecule has 1 heterocycles. The van der Waals surface area contributed by atoms with Crippen LogP contribution >= 0.6 is 0 Å². The molecule has 208 valence electrons. The van der Waals surface area contributed by atoms with Gasteiger partial charge in [-0.15, -0.1) is 0 Å². The number of ether oxygens (including phenoxy) is 3. The summed E-state index contributed by atoms with van der Waals surface area (Å²) in [4.78, 5) is 16.3. The Kier molecular flexibility index (Phi) is 8.64. The molecule has 0 saturated heterocycles. The van der Waals surface area contributed by atoms with Gasteiger partial charge < -0.3 is 19.1 Å². The number of methoxy groups -OCH3 is 3. The highest BCUT2D eigenvalue weighted by Crippen LogP contribution is 2.34. The van der Waals surface area contributed by atoms with E-state index in [4.69, 9.17) is 19.3 Å². The van der Waals surface area contributed by atoms with Crippen LogP contribution < -0.4 is 14.2 Å². The van der Waals surface area contributed by atoms with Gasteiger partial charge in [-0.2, -0.15) is 5.10 Å². The summed E-state index contributed by atoms with van der Waals surface area (Å²) in [5.41, 5.74) is 4.80. The van der Waals surface area contributed by atoms with Gasteiger partial charge in [0.25, 0.3) is 5.91 Å². The molecule has 0 aliphatic carbocycles. The number of hydrogen-bond donors (Lipinski definition) is 0. The Morgan fingerprint density at radius 3 is 2.00 bits per heavy atom. The second-order valence-electron chi connectivity index (χ2n) is 9.54. The third kappa shape index (κ3) is 6.41. The minimum atomic E-state index is -0.119. The monoisotopic (exact) mass is 547 g/mol. The largest absolute Gasteiger partial charge is 0.497 e. The Morgan fingerprint density at radius 1 is 0.732 bits per heavy atom. The molecule has 4 aromatic carbocycles. The van der Waals surface area contributed by atoms with Crippen molar-refractivity contribution in [2.24, 2.45) is 0 Å². The number of rotatable bonds is 11. The van der Waals surface area contributed by atoms with Gasteiger partial charge in [0.15, 0.2) is 0 Å². The number of nitrogens with zero attached hydrogens (tertiary/aromatic N) is 3. The van der Waals surface area contributed by atoms with Gasteiger partial charge in [-0.05, 0) is 60.0 Å². The van der Waals surface area contributed by atoms with Gasteiger partial charge in [-0.1, -0.05) is 60.7 Å². The number of hydrogen-bond acceptors (Lipinski definition) is 5. The second kappa shape index (κ2) is 12.9. The maximum Gasteiger partial charge on any atom is 0.272 e. The van der Waals surface area contributed by atoms with E-state index in [1.807, 2.05) is 102 Å². The van der Waals surface area contributed by atoms with E-state index in [1.165, 1.54) is 5.56 Å². The molecule has 0 atom stereocenters. The molecule has 1 aromatic heterocycles. The summed E-state index contributed by atoms with van der Waals surface area (Å²) in [6, 6.07) is 35.1. The molecule has 0 spiro atoms. The van der Waals surface area contributed by atoms with Crippen molar-refractivity contribution in [1.29, 1.82) is 0 Å². The van der Waals surface area contributed by atoms with E-state index in [2.05, 4.69) is 12.1 Å². The average Bonchev–Trinajstić information content (AvgIpc) is 3.48. The topological polar surface area (TPSA) is 65.8 Å². The first-order valence-electron chi connectivity index (χ1n) is 13.4. The molecule has 0 saturated carbocycles. The Morgan fingerprint density at radius 2 is 1.37 bits per heavy atom. The van der Waals surface area contributed by atoms with Crippen molar-refractivity contribution < 1.29 is 19.0 Å². The summed E-state index contributed by atoms with van der Waals surface area (Å²) in [5.74, 6) is 1.88. The zero-order valence-corrected chi connectivity index (χ0v) is 23.5. The van der Waals surface area contributed by atoms with Crippen molar-refractivity contribution in [2.75, 3.05) is 27.9 Å². The maximum atomic E-state index is 14.4. The number of carbonyl (C=O) groups is 1. The summed E-state index contributed by atoms with van der Waals surface area (Å²) in [7, 11) is 4.84. The van der Waals surface area contributed by atoms with Crippen LogP contribution in [0.5, 0.6) is 17.2 Å². The zero-order valence-electron chi connectivity index (χ0n) is 23.5. The quantitative estimate of drug-likeness (QED) is 0.190. The van der Waals surface area contributed by atoms with Gasteiger partial charge in [0.2, 0.25) is 0 Å². The fraction of sp³-hybridized carbons (Fsp3) is 0.176. The molecule has 0 fully saturated rings. The van der Waals surface area contributed by atoms with Crippen LogP contribution in [0.25, 0.3) is 16.9 Å². The highest BCUT2D eigenvalue weighted by molar-refractivity contribution is 5.94. The summed E-state index contributed by atoms with van der Waals surface area (Å²) in [6.45, 7) is 1.02. The normalized spacial score (nSPS) is 10.7. The first-order valence-corrected chi connectivity index (χ1v) is 13.4. The van der Waals surface area contributed by atoms with E-state index in [0.29, 0.717) is 36.0 Å². The molecule has 41 heavy (non-hydrogen) atoms. The van der Waals surface area contributed by atoms with E-state index in [-0.39, 0.29) is 5.91 Å². The number of aromatic nitrogens is 2. The Balaban J connectivity index is 1.57. The van der Waals surface area contributed by atoms with Crippen molar-refractivity contribution in [3.8, 4) is 34.2 Å². The van der Waals surface area contributed by atoms with Gasteiger partial charge >= 0.3 is 0 Å². The predicted molar refractivity (Wildman–Crippen MR) is 160 cm³/mol. The van der Waals surface area contributed by atoms with E-state index in [9.17, 15) is 4.79 Å². The van der Waals surface area contributed by atoms with Crippen LogP contribution in [-0.2, 0) is 13.0 Å². The van der Waals surface area contributed by atoms with Crippen LogP contribution in [0.1, 0.15) is 21.6 Å². The molecular formula is C34H33N3O4. The van der Waals surface area contributed by atoms with Crippen LogP contribution in [-0.4, -0.2) is 48.5 Å². The molecule has 0 N–H and O–H groups in total. The smallest absolute Gasteiger partial charge is 0.272 e. The lowest BCUT2D eigenvalue weighted by Crippen LogP contribution is -2.34. The van der Waals surface area contributed by atoms with E-state index < -0.39 is 0 Å². The standard InChI is InChI=1S/C34H33N3O4/c1-39-28-16-14-27(15-17-28)37-32(23-31(35-37)30-19-18-29(40-2)22-33(30)41-3)34(38)36(24-26-12-8-5-9-13-26)21-20-25-10-6-4-7-11-25/h4-19,22-23H,20-21,24H2,1-3H3. The van der Waals surface area contributed by atoms with Gasteiger partial charge in [0.1, 0.15) is 22.9 Å². The summed E-state index contributed by atoms with van der Waals surface area (Å²) in [6.07, 6.45) is 0.731. The molecule has 0 unspecified atom stereocenters. The Labute approximate surface area is 240 Å². The first kappa shape index (κ1) is 27.5. The van der Waals surface area contributed by atoms with Crippen LogP contribution in [0.4, 0.5) is 0 Å². The average molecular weight is 548 g/mol. The molecule has 0 radical (unpaired) electrons. The highest BCUT2D eigenvalue weighted by atomic mass is 16.5. The van der Waals surface area contributed by atoms with Gasteiger partial charge in [0.05, 0.1) is 32.7 Å². The SMILES string of the molecule is COc1ccc(-n2nc(-c3ccc(OC)cc3OC)cc2C(=O)N(CCc2ccccc2)Cc2ccccc2)cc1. The second-order valence-corrected chi connectivity index (χ2v) is 9.54. The van der Waals surface area contributed by atoms with Crippen molar-refractivity contribution in [1.82, 2.24) is 14.7 Å². The number of benzene rings is 4. The number of carbonyl (C=O) groups excluding carboxylic acids is 1. The van der Waals surface area contributed by atoms with E-state index >= 15 is 0 Å². The molecule has 0 aliphatic rings. The van der Waals surface area contributed by atoms with Gasteiger partial charge in [-0.25, -0.2) is 4.68 Å². The summed E-state index contributed by atoms with van der Waals surface area (Å²) >= 11 is 0. The summed E-state index contributed by atoms with van der Waals surface area (Å²) in [5, 5.41) is 4.91. The van der Waals surface area contributed by atoms with Crippen LogP contribution in [0, 0.1) is 0 Å². The molecule has 7 heteroatoms. The first-order chi connectivity index (χ1) is 20.1. The molecule has 1 amide bonds. The van der Waals surface area contributed by atoms with Crippen molar-refractivity contribution in [3.05, 3.63) is 126 Å². The van der Waals surface area contributed by atoms with Crippen molar-refractivity contribution in [2.45, 2.75) is 13.0 Å². The highest BCUT2D eigenvalue weighted by Gasteiger charge is 2.24. The maximum absolute atomic E-state index is 14.4. The van der Waals surface area contributed by atoms with Crippen LogP contribution in [0.2, 0.25) is 0 Å². The molecule has 7 nitrogen and oxygen atoms in total. The number of amides is 1. The zero-order chi connectivity index (χ0) is 28.6. The van der Waals surface area contributed by atoms with Gasteiger partial charge in [0, 0.05) is 24.7 Å². The minimum Gasteiger partial charge on any atom is -0.497 e. The lowest BCUT2D eigenvalue weighted by atomic mass is 10.1. The Hall–Kier alpha value is -5.04. The van der Waals surface area contributed by atoms with Crippen molar-refractivity contribution in [3.63, 3.8) is 0 Å². The molecule has 5 rings (SSSR count). The van der Waals surface area contributed by atoms with Crippen molar-refractivity contribution >= 4 is 5.91 Å². The van der Waals surface area contributed by atoms with Crippen LogP contribution in [0.15, 0.2) is 109 Å². The molecular weight excluding hydrogens is 514 g/mol. The van der Waals surface area contributed by atoms with E-state index in [0.717, 1.165) is 29.0 Å². The molecule has 0 bridgehead atoms. The lowest BCUT2D eigenvalue weighted by molar-refractivity contribution is 0.0736. The third-order valence-electron chi connectivity index (χ3n) is 6.95. The van der Waals surface area contributed by atoms with Gasteiger partial charge in [-0.3, -0.25) is 4.79 Å². The molecule has 5 aromatic rings. The van der Waals surface area contributed by atoms with Crippen LogP contribution in [0.3, 0.4) is 0 Å². The fourth-order valence-electron chi connectivity index (χ4n) is 4.72. The third-order valence-corrected chi connectivity index (χ3v) is 6.95. The summed E-state index contributed by atoms with van der Waals surface area (Å²) < 4.78 is 18.1.